The monoisotopic (exact) mass is 424 g/mol. The highest BCUT2D eigenvalue weighted by atomic mass is 19.3. The average molecular weight is 424 g/mol. The first-order valence-corrected chi connectivity index (χ1v) is 10.2. The maximum absolute atomic E-state index is 14.4. The standard InChI is InChI=1S/C22H30F2N2O4/c1-16(20(28)29)9-5-4-8-14-26-18(15-25(2)21(26)30)12-13-19(27)22(23,24)17-10-6-3-7-11-17/h3,6-7,10-13,16,18-19,27H,4-5,8-9,14-15H2,1-2H3,(H,28,29)/b13-12+/t16?,18-,19?/m0/s1. The fraction of sp³-hybridized carbons (Fsp3) is 0.545. The van der Waals surface area contributed by atoms with E-state index in [9.17, 15) is 23.5 Å². The Balaban J connectivity index is 1.92. The van der Waals surface area contributed by atoms with Crippen molar-refractivity contribution in [2.45, 2.75) is 50.7 Å². The van der Waals surface area contributed by atoms with Crippen LogP contribution in [0.4, 0.5) is 13.6 Å². The number of rotatable bonds is 11. The second kappa shape index (κ2) is 10.5. The second-order valence-electron chi connectivity index (χ2n) is 7.83. The first-order valence-electron chi connectivity index (χ1n) is 10.2. The zero-order valence-corrected chi connectivity index (χ0v) is 17.4. The van der Waals surface area contributed by atoms with E-state index in [0.717, 1.165) is 18.9 Å². The van der Waals surface area contributed by atoms with Gasteiger partial charge in [-0.3, -0.25) is 4.79 Å². The minimum Gasteiger partial charge on any atom is -0.481 e. The molecule has 166 valence electrons. The molecule has 2 amide bonds. The van der Waals surface area contributed by atoms with E-state index < -0.39 is 30.0 Å². The van der Waals surface area contributed by atoms with Crippen LogP contribution in [-0.2, 0) is 10.7 Å². The molecule has 0 radical (unpaired) electrons. The van der Waals surface area contributed by atoms with Crippen molar-refractivity contribution in [1.29, 1.82) is 0 Å². The summed E-state index contributed by atoms with van der Waals surface area (Å²) in [5.74, 6) is -4.65. The van der Waals surface area contributed by atoms with E-state index in [1.54, 1.807) is 24.9 Å². The fourth-order valence-corrected chi connectivity index (χ4v) is 3.46. The smallest absolute Gasteiger partial charge is 0.320 e. The lowest BCUT2D eigenvalue weighted by Crippen LogP contribution is -2.35. The van der Waals surface area contributed by atoms with Crippen molar-refractivity contribution < 1.29 is 28.6 Å². The molecule has 1 saturated heterocycles. The Morgan fingerprint density at radius 1 is 1.27 bits per heavy atom. The highest BCUT2D eigenvalue weighted by Crippen LogP contribution is 2.32. The summed E-state index contributed by atoms with van der Waals surface area (Å²) in [6.07, 6.45) is 3.32. The fourth-order valence-electron chi connectivity index (χ4n) is 3.46. The Bertz CT molecular complexity index is 742. The first-order chi connectivity index (χ1) is 14.1. The van der Waals surface area contributed by atoms with E-state index >= 15 is 0 Å². The molecule has 0 aromatic heterocycles. The summed E-state index contributed by atoms with van der Waals surface area (Å²) < 4.78 is 28.9. The van der Waals surface area contributed by atoms with Gasteiger partial charge in [0, 0.05) is 25.7 Å². The Hall–Kier alpha value is -2.48. The number of nitrogens with zero attached hydrogens (tertiary/aromatic N) is 2. The number of aliphatic hydroxyl groups is 1. The molecule has 2 unspecified atom stereocenters. The molecule has 0 bridgehead atoms. The maximum atomic E-state index is 14.4. The number of carbonyl (C=O) groups excluding carboxylic acids is 1. The number of carboxylic acid groups (broad SMARTS) is 1. The van der Waals surface area contributed by atoms with Gasteiger partial charge in [0.1, 0.15) is 6.10 Å². The molecule has 1 aliphatic rings. The van der Waals surface area contributed by atoms with Crippen molar-refractivity contribution >= 4 is 12.0 Å². The molecule has 0 spiro atoms. The molecule has 0 saturated carbocycles. The summed E-state index contributed by atoms with van der Waals surface area (Å²) in [6.45, 7) is 2.47. The third-order valence-corrected chi connectivity index (χ3v) is 5.44. The Labute approximate surface area is 175 Å². The highest BCUT2D eigenvalue weighted by molar-refractivity contribution is 5.77. The number of likely N-dealkylation sites (N-methyl/N-ethyl adjacent to an activating group) is 1. The molecule has 8 heteroatoms. The number of alkyl halides is 2. The Kier molecular flexibility index (Phi) is 8.34. The third kappa shape index (κ3) is 6.01. The van der Waals surface area contributed by atoms with Gasteiger partial charge >= 0.3 is 17.9 Å². The SMILES string of the molecule is CC(CCCCCN1C(=O)N(C)C[C@@H]1/C=C/C(O)C(F)(F)c1ccccc1)C(=O)O. The largest absolute Gasteiger partial charge is 0.481 e. The average Bonchev–Trinajstić information content (AvgIpc) is 2.99. The molecule has 2 rings (SSSR count). The zero-order chi connectivity index (χ0) is 22.3. The topological polar surface area (TPSA) is 81.1 Å². The van der Waals surface area contributed by atoms with Crippen LogP contribution in [0.3, 0.4) is 0 Å². The Morgan fingerprint density at radius 2 is 1.93 bits per heavy atom. The van der Waals surface area contributed by atoms with E-state index in [-0.39, 0.29) is 11.6 Å². The number of hydrogen-bond donors (Lipinski definition) is 2. The molecule has 6 nitrogen and oxygen atoms in total. The van der Waals surface area contributed by atoms with Crippen LogP contribution < -0.4 is 0 Å². The first kappa shape index (κ1) is 23.8. The predicted molar refractivity (Wildman–Crippen MR) is 109 cm³/mol. The minimum atomic E-state index is -3.43. The molecule has 1 fully saturated rings. The molecule has 1 aromatic carbocycles. The van der Waals surface area contributed by atoms with E-state index in [1.165, 1.54) is 35.2 Å². The molecule has 1 heterocycles. The maximum Gasteiger partial charge on any atom is 0.320 e. The summed E-state index contributed by atoms with van der Waals surface area (Å²) in [5, 5.41) is 19.0. The molecular formula is C22H30F2N2O4. The summed E-state index contributed by atoms with van der Waals surface area (Å²) in [4.78, 5) is 26.3. The lowest BCUT2D eigenvalue weighted by Gasteiger charge is -2.23. The summed E-state index contributed by atoms with van der Waals surface area (Å²) in [7, 11) is 1.65. The lowest BCUT2D eigenvalue weighted by molar-refractivity contribution is -0.141. The number of carbonyl (C=O) groups is 2. The molecule has 2 N–H and O–H groups in total. The van der Waals surface area contributed by atoms with E-state index in [4.69, 9.17) is 5.11 Å². The number of carboxylic acids is 1. The molecule has 0 aliphatic carbocycles. The van der Waals surface area contributed by atoms with Crippen LogP contribution in [0, 0.1) is 5.92 Å². The number of urea groups is 1. The van der Waals surface area contributed by atoms with Gasteiger partial charge in [-0.1, -0.05) is 62.2 Å². The normalized spacial score (nSPS) is 19.5. The van der Waals surface area contributed by atoms with Crippen molar-refractivity contribution in [2.24, 2.45) is 5.92 Å². The molecular weight excluding hydrogens is 394 g/mol. The van der Waals surface area contributed by atoms with Crippen LogP contribution in [-0.4, -0.2) is 64.3 Å². The minimum absolute atomic E-state index is 0.187. The van der Waals surface area contributed by atoms with Crippen molar-refractivity contribution in [3.05, 3.63) is 48.0 Å². The lowest BCUT2D eigenvalue weighted by atomic mass is 10.0. The Morgan fingerprint density at radius 3 is 2.57 bits per heavy atom. The van der Waals surface area contributed by atoms with Gasteiger partial charge < -0.3 is 20.0 Å². The summed E-state index contributed by atoms with van der Waals surface area (Å²) in [5.41, 5.74) is -0.269. The number of unbranched alkanes of at least 4 members (excludes halogenated alkanes) is 2. The van der Waals surface area contributed by atoms with E-state index in [2.05, 4.69) is 0 Å². The van der Waals surface area contributed by atoms with Crippen molar-refractivity contribution in [3.8, 4) is 0 Å². The molecule has 1 aliphatic heterocycles. The predicted octanol–water partition coefficient (Wildman–Crippen LogP) is 3.71. The van der Waals surface area contributed by atoms with Crippen LogP contribution >= 0.6 is 0 Å². The quantitative estimate of drug-likeness (QED) is 0.419. The van der Waals surface area contributed by atoms with Gasteiger partial charge in [-0.25, -0.2) is 4.79 Å². The molecule has 3 atom stereocenters. The van der Waals surface area contributed by atoms with Crippen molar-refractivity contribution in [3.63, 3.8) is 0 Å². The van der Waals surface area contributed by atoms with Gasteiger partial charge in [-0.15, -0.1) is 0 Å². The van der Waals surface area contributed by atoms with Gasteiger partial charge in [0.15, 0.2) is 0 Å². The number of aliphatic hydroxyl groups excluding tert-OH is 1. The van der Waals surface area contributed by atoms with Gasteiger partial charge in [0.25, 0.3) is 0 Å². The highest BCUT2D eigenvalue weighted by Gasteiger charge is 2.39. The van der Waals surface area contributed by atoms with Gasteiger partial charge in [-0.2, -0.15) is 8.78 Å². The number of benzene rings is 1. The summed E-state index contributed by atoms with van der Waals surface area (Å²) in [6, 6.07) is 6.55. The summed E-state index contributed by atoms with van der Waals surface area (Å²) >= 11 is 0. The number of hydrogen-bond acceptors (Lipinski definition) is 3. The van der Waals surface area contributed by atoms with E-state index in [0.29, 0.717) is 25.9 Å². The number of amides is 2. The third-order valence-electron chi connectivity index (χ3n) is 5.44. The van der Waals surface area contributed by atoms with Crippen LogP contribution in [0.25, 0.3) is 0 Å². The number of halogens is 2. The van der Waals surface area contributed by atoms with Gasteiger partial charge in [0.2, 0.25) is 0 Å². The van der Waals surface area contributed by atoms with Crippen molar-refractivity contribution in [1.82, 2.24) is 9.80 Å². The molecule has 1 aromatic rings. The zero-order valence-electron chi connectivity index (χ0n) is 17.4. The van der Waals surface area contributed by atoms with Crippen LogP contribution in [0.1, 0.15) is 38.2 Å². The van der Waals surface area contributed by atoms with E-state index in [1.807, 2.05) is 0 Å². The second-order valence-corrected chi connectivity index (χ2v) is 7.83. The van der Waals surface area contributed by atoms with Crippen molar-refractivity contribution in [2.75, 3.05) is 20.1 Å². The number of aliphatic carboxylic acids is 1. The van der Waals surface area contributed by atoms with Crippen LogP contribution in [0.2, 0.25) is 0 Å². The molecule has 30 heavy (non-hydrogen) atoms. The van der Waals surface area contributed by atoms with Gasteiger partial charge in [0.05, 0.1) is 12.0 Å². The van der Waals surface area contributed by atoms with Crippen LogP contribution in [0.5, 0.6) is 0 Å². The van der Waals surface area contributed by atoms with Crippen LogP contribution in [0.15, 0.2) is 42.5 Å². The van der Waals surface area contributed by atoms with Gasteiger partial charge in [-0.05, 0) is 12.8 Å².